The predicted octanol–water partition coefficient (Wildman–Crippen LogP) is 2.94. The molecule has 1 atom stereocenters. The van der Waals surface area contributed by atoms with Gasteiger partial charge in [0.2, 0.25) is 0 Å². The van der Waals surface area contributed by atoms with E-state index in [1.807, 2.05) is 30.3 Å². The van der Waals surface area contributed by atoms with Crippen LogP contribution in [0.15, 0.2) is 30.3 Å². The third-order valence-corrected chi connectivity index (χ3v) is 2.34. The Morgan fingerprint density at radius 3 is 2.65 bits per heavy atom. The fourth-order valence-electron chi connectivity index (χ4n) is 1.42. The van der Waals surface area contributed by atoms with Crippen LogP contribution in [-0.4, -0.2) is 18.9 Å². The second kappa shape index (κ2) is 7.85. The highest BCUT2D eigenvalue weighted by Gasteiger charge is 2.09. The molecule has 0 saturated carbocycles. The maximum absolute atomic E-state index is 11.6. The molecular weight excluding hydrogens is 216 g/mol. The molecule has 0 fully saturated rings. The van der Waals surface area contributed by atoms with Crippen molar-refractivity contribution in [1.29, 1.82) is 0 Å². The van der Waals surface area contributed by atoms with Crippen LogP contribution < -0.4 is 0 Å². The molecule has 0 bridgehead atoms. The number of unbranched alkanes of at least 4 members (excludes halogenated alkanes) is 1. The number of carbonyl (C=O) groups excluding carboxylic acids is 1. The molecule has 0 heterocycles. The summed E-state index contributed by atoms with van der Waals surface area (Å²) in [7, 11) is 0. The molecular formula is C14H20O3. The van der Waals surface area contributed by atoms with Gasteiger partial charge in [0.1, 0.15) is 0 Å². The Labute approximate surface area is 103 Å². The summed E-state index contributed by atoms with van der Waals surface area (Å²) in [6.45, 7) is 4.48. The zero-order chi connectivity index (χ0) is 12.5. The lowest BCUT2D eigenvalue weighted by atomic mass is 10.2. The van der Waals surface area contributed by atoms with Gasteiger partial charge >= 0.3 is 5.97 Å². The van der Waals surface area contributed by atoms with Crippen molar-refractivity contribution < 1.29 is 14.3 Å². The van der Waals surface area contributed by atoms with Gasteiger partial charge < -0.3 is 9.47 Å². The van der Waals surface area contributed by atoms with E-state index in [1.54, 1.807) is 6.92 Å². The van der Waals surface area contributed by atoms with E-state index in [0.717, 1.165) is 18.4 Å². The van der Waals surface area contributed by atoms with E-state index in [-0.39, 0.29) is 5.97 Å². The van der Waals surface area contributed by atoms with Crippen LogP contribution in [0.25, 0.3) is 0 Å². The fourth-order valence-corrected chi connectivity index (χ4v) is 1.42. The van der Waals surface area contributed by atoms with Crippen LogP contribution in [-0.2, 0) is 20.7 Å². The van der Waals surface area contributed by atoms with Crippen LogP contribution in [0.3, 0.4) is 0 Å². The zero-order valence-corrected chi connectivity index (χ0v) is 10.5. The number of ether oxygens (including phenoxy) is 2. The van der Waals surface area contributed by atoms with Gasteiger partial charge in [0.25, 0.3) is 0 Å². The number of esters is 1. The molecule has 0 aliphatic heterocycles. The molecule has 1 unspecified atom stereocenters. The van der Waals surface area contributed by atoms with Crippen LogP contribution >= 0.6 is 0 Å². The first kappa shape index (κ1) is 13.7. The van der Waals surface area contributed by atoms with Crippen LogP contribution in [0.1, 0.15) is 32.3 Å². The summed E-state index contributed by atoms with van der Waals surface area (Å²) in [5.74, 6) is -0.250. The molecule has 0 aromatic heterocycles. The highest BCUT2D eigenvalue weighted by Crippen LogP contribution is 2.03. The van der Waals surface area contributed by atoms with Gasteiger partial charge in [-0.15, -0.1) is 0 Å². The maximum atomic E-state index is 11.6. The molecule has 0 radical (unpaired) electrons. The van der Waals surface area contributed by atoms with E-state index in [4.69, 9.17) is 9.47 Å². The minimum Gasteiger partial charge on any atom is -0.436 e. The Morgan fingerprint density at radius 2 is 2.00 bits per heavy atom. The largest absolute Gasteiger partial charge is 0.436 e. The van der Waals surface area contributed by atoms with E-state index in [0.29, 0.717) is 13.0 Å². The lowest BCUT2D eigenvalue weighted by Gasteiger charge is -2.13. The van der Waals surface area contributed by atoms with Crippen molar-refractivity contribution in [3.05, 3.63) is 35.9 Å². The molecule has 1 aromatic carbocycles. The summed E-state index contributed by atoms with van der Waals surface area (Å²) < 4.78 is 10.5. The van der Waals surface area contributed by atoms with Crippen molar-refractivity contribution in [3.63, 3.8) is 0 Å². The lowest BCUT2D eigenvalue weighted by molar-refractivity contribution is -0.174. The lowest BCUT2D eigenvalue weighted by Crippen LogP contribution is -2.20. The topological polar surface area (TPSA) is 35.5 Å². The average molecular weight is 236 g/mol. The standard InChI is InChI=1S/C14H20O3/c1-3-4-10-16-12(2)17-14(15)11-13-8-6-5-7-9-13/h5-9,12H,3-4,10-11H2,1-2H3. The first-order valence-corrected chi connectivity index (χ1v) is 6.07. The Morgan fingerprint density at radius 1 is 1.29 bits per heavy atom. The molecule has 3 nitrogen and oxygen atoms in total. The molecule has 0 aliphatic carbocycles. The van der Waals surface area contributed by atoms with E-state index in [2.05, 4.69) is 6.92 Å². The summed E-state index contributed by atoms with van der Waals surface area (Å²) in [5, 5.41) is 0. The smallest absolute Gasteiger partial charge is 0.312 e. The molecule has 17 heavy (non-hydrogen) atoms. The second-order valence-electron chi connectivity index (χ2n) is 3.94. The van der Waals surface area contributed by atoms with Gasteiger partial charge in [0.15, 0.2) is 6.29 Å². The summed E-state index contributed by atoms with van der Waals surface area (Å²) in [6, 6.07) is 9.55. The van der Waals surface area contributed by atoms with Crippen molar-refractivity contribution in [3.8, 4) is 0 Å². The SMILES string of the molecule is CCCCOC(C)OC(=O)Cc1ccccc1. The summed E-state index contributed by atoms with van der Waals surface area (Å²) in [5.41, 5.74) is 0.957. The highest BCUT2D eigenvalue weighted by atomic mass is 16.7. The van der Waals surface area contributed by atoms with Crippen LogP contribution in [0.5, 0.6) is 0 Å². The first-order chi connectivity index (χ1) is 8.22. The van der Waals surface area contributed by atoms with Crippen molar-refractivity contribution in [2.75, 3.05) is 6.61 Å². The van der Waals surface area contributed by atoms with E-state index in [9.17, 15) is 4.79 Å². The molecule has 0 amide bonds. The van der Waals surface area contributed by atoms with Gasteiger partial charge in [-0.3, -0.25) is 4.79 Å². The number of hydrogen-bond acceptors (Lipinski definition) is 3. The quantitative estimate of drug-likeness (QED) is 0.415. The predicted molar refractivity (Wildman–Crippen MR) is 66.6 cm³/mol. The summed E-state index contributed by atoms with van der Waals surface area (Å²) in [4.78, 5) is 11.6. The number of carbonyl (C=O) groups is 1. The van der Waals surface area contributed by atoms with Crippen molar-refractivity contribution in [2.45, 2.75) is 39.4 Å². The van der Waals surface area contributed by atoms with Gasteiger partial charge in [-0.1, -0.05) is 43.7 Å². The maximum Gasteiger partial charge on any atom is 0.312 e. The third-order valence-electron chi connectivity index (χ3n) is 2.34. The minimum atomic E-state index is -0.460. The van der Waals surface area contributed by atoms with Crippen molar-refractivity contribution >= 4 is 5.97 Å². The number of rotatable bonds is 7. The normalized spacial score (nSPS) is 12.1. The van der Waals surface area contributed by atoms with Gasteiger partial charge in [-0.05, 0) is 18.9 Å². The number of hydrogen-bond donors (Lipinski definition) is 0. The van der Waals surface area contributed by atoms with Gasteiger partial charge in [0.05, 0.1) is 13.0 Å². The molecule has 0 spiro atoms. The van der Waals surface area contributed by atoms with Crippen molar-refractivity contribution in [2.24, 2.45) is 0 Å². The van der Waals surface area contributed by atoms with E-state index < -0.39 is 6.29 Å². The van der Waals surface area contributed by atoms with Gasteiger partial charge in [-0.2, -0.15) is 0 Å². The van der Waals surface area contributed by atoms with Gasteiger partial charge in [-0.25, -0.2) is 0 Å². The van der Waals surface area contributed by atoms with Crippen molar-refractivity contribution in [1.82, 2.24) is 0 Å². The Bertz CT molecular complexity index is 321. The monoisotopic (exact) mass is 236 g/mol. The Hall–Kier alpha value is -1.35. The van der Waals surface area contributed by atoms with E-state index >= 15 is 0 Å². The first-order valence-electron chi connectivity index (χ1n) is 6.07. The molecule has 1 rings (SSSR count). The van der Waals surface area contributed by atoms with Crippen LogP contribution in [0.4, 0.5) is 0 Å². The van der Waals surface area contributed by atoms with Crippen LogP contribution in [0, 0.1) is 0 Å². The fraction of sp³-hybridized carbons (Fsp3) is 0.500. The van der Waals surface area contributed by atoms with Gasteiger partial charge in [0, 0.05) is 0 Å². The zero-order valence-electron chi connectivity index (χ0n) is 10.5. The van der Waals surface area contributed by atoms with Crippen LogP contribution in [0.2, 0.25) is 0 Å². The highest BCUT2D eigenvalue weighted by molar-refractivity contribution is 5.72. The summed E-state index contributed by atoms with van der Waals surface area (Å²) >= 11 is 0. The molecule has 94 valence electrons. The molecule has 1 aromatic rings. The molecule has 0 aliphatic rings. The average Bonchev–Trinajstić information content (AvgIpc) is 2.30. The minimum absolute atomic E-state index is 0.250. The summed E-state index contributed by atoms with van der Waals surface area (Å²) in [6.07, 6.45) is 1.89. The Balaban J connectivity index is 2.25. The molecule has 0 saturated heterocycles. The second-order valence-corrected chi connectivity index (χ2v) is 3.94. The molecule has 0 N–H and O–H groups in total. The molecule has 3 heteroatoms. The Kier molecular flexibility index (Phi) is 6.33. The third kappa shape index (κ3) is 6.07. The number of benzene rings is 1. The van der Waals surface area contributed by atoms with E-state index in [1.165, 1.54) is 0 Å².